The molecule has 0 fully saturated rings. The van der Waals surface area contributed by atoms with E-state index in [0.717, 1.165) is 0 Å². The van der Waals surface area contributed by atoms with E-state index in [2.05, 4.69) is 68.4 Å². The Kier molecular flexibility index (Phi) is 5.41. The number of hydrogen-bond donors (Lipinski definition) is 0. The first-order chi connectivity index (χ1) is 12.9. The Labute approximate surface area is 160 Å². The lowest BCUT2D eigenvalue weighted by molar-refractivity contribution is -0.138. The van der Waals surface area contributed by atoms with Crippen LogP contribution in [0.25, 0.3) is 21.5 Å². The molecule has 3 aromatic rings. The fourth-order valence-electron chi connectivity index (χ4n) is 3.59. The largest absolute Gasteiger partial charge is 0.273 e. The Balaban J connectivity index is 0.000000180. The lowest BCUT2D eigenvalue weighted by atomic mass is 9.90. The molecule has 0 bridgehead atoms. The first-order valence-electron chi connectivity index (χ1n) is 9.35. The fourth-order valence-corrected chi connectivity index (χ4v) is 3.59. The molecule has 0 atom stereocenters. The van der Waals surface area contributed by atoms with Gasteiger partial charge in [0.25, 0.3) is 11.8 Å². The molecule has 1 aliphatic rings. The molecular formula is C24H25NO2. The van der Waals surface area contributed by atoms with Crippen LogP contribution in [0.2, 0.25) is 0 Å². The van der Waals surface area contributed by atoms with Crippen LogP contribution < -0.4 is 0 Å². The lowest BCUT2D eigenvalue weighted by Gasteiger charge is -2.17. The molecule has 0 saturated carbocycles. The summed E-state index contributed by atoms with van der Waals surface area (Å²) in [5.41, 5.74) is 1.47. The summed E-state index contributed by atoms with van der Waals surface area (Å²) in [4.78, 5) is 22.9. The van der Waals surface area contributed by atoms with Gasteiger partial charge in [-0.25, -0.2) is 0 Å². The molecule has 3 heteroatoms. The molecule has 3 nitrogen and oxygen atoms in total. The Hall–Kier alpha value is -2.94. The van der Waals surface area contributed by atoms with Gasteiger partial charge in [0.15, 0.2) is 0 Å². The van der Waals surface area contributed by atoms with Crippen LogP contribution >= 0.6 is 0 Å². The molecule has 0 aromatic heterocycles. The van der Waals surface area contributed by atoms with E-state index in [1.165, 1.54) is 44.2 Å². The maximum atomic E-state index is 10.8. The molecule has 1 heterocycles. The van der Waals surface area contributed by atoms with Gasteiger partial charge in [-0.2, -0.15) is 0 Å². The number of imide groups is 1. The van der Waals surface area contributed by atoms with Crippen LogP contribution in [0, 0.1) is 0 Å². The minimum atomic E-state index is -0.208. The Bertz CT molecular complexity index is 959. The zero-order chi connectivity index (χ0) is 19.6. The Morgan fingerprint density at radius 3 is 1.52 bits per heavy atom. The zero-order valence-electron chi connectivity index (χ0n) is 16.3. The van der Waals surface area contributed by atoms with E-state index in [1.54, 1.807) is 0 Å². The molecule has 27 heavy (non-hydrogen) atoms. The van der Waals surface area contributed by atoms with Gasteiger partial charge >= 0.3 is 0 Å². The Morgan fingerprint density at radius 1 is 0.704 bits per heavy atom. The maximum Gasteiger partial charge on any atom is 0.253 e. The number of rotatable bonds is 2. The second kappa shape index (κ2) is 7.75. The van der Waals surface area contributed by atoms with Crippen molar-refractivity contribution in [3.05, 3.63) is 72.3 Å². The molecule has 0 unspecified atom stereocenters. The van der Waals surface area contributed by atoms with Crippen LogP contribution in [-0.4, -0.2) is 22.8 Å². The van der Waals surface area contributed by atoms with Crippen molar-refractivity contribution in [2.45, 2.75) is 39.7 Å². The van der Waals surface area contributed by atoms with E-state index in [0.29, 0.717) is 5.92 Å². The summed E-state index contributed by atoms with van der Waals surface area (Å²) in [6, 6.07) is 19.6. The van der Waals surface area contributed by atoms with Crippen LogP contribution in [-0.2, 0) is 9.59 Å². The zero-order valence-corrected chi connectivity index (χ0v) is 16.3. The summed E-state index contributed by atoms with van der Waals surface area (Å²) in [5, 5.41) is 5.47. The van der Waals surface area contributed by atoms with Gasteiger partial charge in [0, 0.05) is 18.2 Å². The van der Waals surface area contributed by atoms with Gasteiger partial charge in [-0.05, 0) is 52.9 Å². The number of nitrogens with zero attached hydrogens (tertiary/aromatic N) is 1. The lowest BCUT2D eigenvalue weighted by Crippen LogP contribution is -2.36. The van der Waals surface area contributed by atoms with Crippen molar-refractivity contribution in [2.24, 2.45) is 0 Å². The third kappa shape index (κ3) is 3.77. The van der Waals surface area contributed by atoms with E-state index < -0.39 is 0 Å². The molecule has 0 radical (unpaired) electrons. The standard InChI is InChI=1S/C17H16.C7H9NO2/c1-12(2)17-15-9-5-3-7-13(15)11-14-8-4-6-10-16(14)17;1-5(2)8-6(9)3-4-7(8)10/h3-12H,1-2H3;3-5H,1-2H3. The molecule has 1 aliphatic heterocycles. The highest BCUT2D eigenvalue weighted by molar-refractivity contribution is 6.13. The van der Waals surface area contributed by atoms with Crippen LogP contribution in [0.5, 0.6) is 0 Å². The summed E-state index contributed by atoms with van der Waals surface area (Å²) in [6.45, 7) is 8.16. The highest BCUT2D eigenvalue weighted by atomic mass is 16.2. The van der Waals surface area contributed by atoms with Gasteiger partial charge in [-0.1, -0.05) is 62.4 Å². The van der Waals surface area contributed by atoms with E-state index in [1.807, 2.05) is 13.8 Å². The quantitative estimate of drug-likeness (QED) is 0.451. The summed E-state index contributed by atoms with van der Waals surface area (Å²) in [6.07, 6.45) is 2.59. The van der Waals surface area contributed by atoms with Crippen molar-refractivity contribution in [3.8, 4) is 0 Å². The third-order valence-corrected chi connectivity index (χ3v) is 4.75. The van der Waals surface area contributed by atoms with Crippen LogP contribution in [0.4, 0.5) is 0 Å². The van der Waals surface area contributed by atoms with Crippen LogP contribution in [0.15, 0.2) is 66.7 Å². The summed E-state index contributed by atoms with van der Waals surface area (Å²) < 4.78 is 0. The van der Waals surface area contributed by atoms with Crippen molar-refractivity contribution in [2.75, 3.05) is 0 Å². The van der Waals surface area contributed by atoms with Crippen molar-refractivity contribution < 1.29 is 9.59 Å². The Morgan fingerprint density at radius 2 is 1.15 bits per heavy atom. The minimum Gasteiger partial charge on any atom is -0.273 e. The fraction of sp³-hybridized carbons (Fsp3) is 0.250. The highest BCUT2D eigenvalue weighted by Crippen LogP contribution is 2.33. The van der Waals surface area contributed by atoms with E-state index >= 15 is 0 Å². The smallest absolute Gasteiger partial charge is 0.253 e. The molecule has 0 N–H and O–H groups in total. The number of amides is 2. The van der Waals surface area contributed by atoms with Gasteiger partial charge in [0.1, 0.15) is 0 Å². The van der Waals surface area contributed by atoms with Crippen molar-refractivity contribution >= 4 is 33.4 Å². The molecular weight excluding hydrogens is 334 g/mol. The van der Waals surface area contributed by atoms with E-state index in [-0.39, 0.29) is 17.9 Å². The molecule has 0 saturated heterocycles. The van der Waals surface area contributed by atoms with Gasteiger partial charge in [0.05, 0.1) is 0 Å². The SMILES string of the molecule is CC(C)N1C(=O)C=CC1=O.CC(C)c1c2ccccc2cc2ccccc12. The summed E-state index contributed by atoms with van der Waals surface area (Å²) in [5.74, 6) is 0.131. The van der Waals surface area contributed by atoms with Gasteiger partial charge in [0.2, 0.25) is 0 Å². The number of benzene rings is 3. The number of fused-ring (bicyclic) bond motifs is 2. The van der Waals surface area contributed by atoms with Crippen molar-refractivity contribution in [3.63, 3.8) is 0 Å². The van der Waals surface area contributed by atoms with Crippen LogP contribution in [0.3, 0.4) is 0 Å². The second-order valence-electron chi connectivity index (χ2n) is 7.36. The molecule has 0 spiro atoms. The average molecular weight is 359 g/mol. The van der Waals surface area contributed by atoms with E-state index in [4.69, 9.17) is 0 Å². The van der Waals surface area contributed by atoms with Gasteiger partial charge < -0.3 is 0 Å². The molecule has 138 valence electrons. The monoisotopic (exact) mass is 359 g/mol. The molecule has 0 aliphatic carbocycles. The third-order valence-electron chi connectivity index (χ3n) is 4.75. The first-order valence-corrected chi connectivity index (χ1v) is 9.35. The molecule has 3 aromatic carbocycles. The topological polar surface area (TPSA) is 37.4 Å². The van der Waals surface area contributed by atoms with Crippen molar-refractivity contribution in [1.82, 2.24) is 4.90 Å². The predicted molar refractivity (Wildman–Crippen MR) is 112 cm³/mol. The molecule has 4 rings (SSSR count). The second-order valence-corrected chi connectivity index (χ2v) is 7.36. The predicted octanol–water partition coefficient (Wildman–Crippen LogP) is 5.44. The highest BCUT2D eigenvalue weighted by Gasteiger charge is 2.25. The van der Waals surface area contributed by atoms with Gasteiger partial charge in [-0.15, -0.1) is 0 Å². The summed E-state index contributed by atoms with van der Waals surface area (Å²) in [7, 11) is 0. The number of carbonyl (C=O) groups excluding carboxylic acids is 2. The van der Waals surface area contributed by atoms with Crippen molar-refractivity contribution in [1.29, 1.82) is 0 Å². The minimum absolute atomic E-state index is 0.0324. The maximum absolute atomic E-state index is 10.8. The van der Waals surface area contributed by atoms with Gasteiger partial charge in [-0.3, -0.25) is 14.5 Å². The van der Waals surface area contributed by atoms with E-state index in [9.17, 15) is 9.59 Å². The summed E-state index contributed by atoms with van der Waals surface area (Å²) >= 11 is 0. The average Bonchev–Trinajstić information content (AvgIpc) is 2.98. The first kappa shape index (κ1) is 18.8. The number of carbonyl (C=O) groups is 2. The molecule has 2 amide bonds. The van der Waals surface area contributed by atoms with Crippen LogP contribution in [0.1, 0.15) is 39.2 Å². The number of hydrogen-bond acceptors (Lipinski definition) is 2. The normalized spacial score (nSPS) is 13.8.